The minimum atomic E-state index is -0.220. The Hall–Kier alpha value is -1.42. The fraction of sp³-hybridized carbons (Fsp3) is 0.278. The molecule has 3 nitrogen and oxygen atoms in total. The van der Waals surface area contributed by atoms with Crippen molar-refractivity contribution in [3.8, 4) is 0 Å². The normalized spacial score (nSPS) is 11.8. The van der Waals surface area contributed by atoms with E-state index >= 15 is 0 Å². The second kappa shape index (κ2) is 9.16. The number of esters is 1. The van der Waals surface area contributed by atoms with E-state index in [2.05, 4.69) is 5.32 Å². The van der Waals surface area contributed by atoms with E-state index in [4.69, 9.17) is 39.5 Å². The number of hydrogen-bond donors (Lipinski definition) is 1. The summed E-state index contributed by atoms with van der Waals surface area (Å²) < 4.78 is 4.69. The van der Waals surface area contributed by atoms with Crippen LogP contribution in [0, 0.1) is 0 Å². The van der Waals surface area contributed by atoms with E-state index in [9.17, 15) is 4.79 Å². The van der Waals surface area contributed by atoms with E-state index in [1.54, 1.807) is 12.1 Å². The number of benzene rings is 2. The van der Waals surface area contributed by atoms with Gasteiger partial charge < -0.3 is 10.1 Å². The van der Waals surface area contributed by atoms with Gasteiger partial charge in [0, 0.05) is 27.2 Å². The minimum absolute atomic E-state index is 0.0550. The van der Waals surface area contributed by atoms with Crippen LogP contribution in [-0.2, 0) is 9.53 Å². The SMILES string of the molecule is COC(=O)CCCC(Nc1ccc(Cl)cc1)c1ccc(Cl)cc1Cl. The molecule has 1 unspecified atom stereocenters. The number of methoxy groups -OCH3 is 1. The van der Waals surface area contributed by atoms with Crippen molar-refractivity contribution in [1.82, 2.24) is 0 Å². The smallest absolute Gasteiger partial charge is 0.305 e. The number of anilines is 1. The van der Waals surface area contributed by atoms with Gasteiger partial charge in [0.1, 0.15) is 0 Å². The zero-order chi connectivity index (χ0) is 17.5. The number of rotatable bonds is 7. The van der Waals surface area contributed by atoms with Crippen LogP contribution in [0.25, 0.3) is 0 Å². The van der Waals surface area contributed by atoms with Gasteiger partial charge in [-0.05, 0) is 54.8 Å². The van der Waals surface area contributed by atoms with E-state index in [-0.39, 0.29) is 12.0 Å². The lowest BCUT2D eigenvalue weighted by Crippen LogP contribution is -2.12. The largest absolute Gasteiger partial charge is 0.469 e. The highest BCUT2D eigenvalue weighted by Crippen LogP contribution is 2.32. The van der Waals surface area contributed by atoms with Crippen molar-refractivity contribution >= 4 is 46.5 Å². The van der Waals surface area contributed by atoms with Crippen LogP contribution >= 0.6 is 34.8 Å². The van der Waals surface area contributed by atoms with Crippen molar-refractivity contribution in [2.24, 2.45) is 0 Å². The van der Waals surface area contributed by atoms with Crippen LogP contribution < -0.4 is 5.32 Å². The molecule has 0 bridgehead atoms. The molecular formula is C18H18Cl3NO2. The number of halogens is 3. The predicted molar refractivity (Wildman–Crippen MR) is 100 cm³/mol. The number of nitrogens with one attached hydrogen (secondary N) is 1. The summed E-state index contributed by atoms with van der Waals surface area (Å²) in [4.78, 5) is 11.3. The minimum Gasteiger partial charge on any atom is -0.469 e. The molecule has 0 radical (unpaired) electrons. The molecule has 0 saturated carbocycles. The molecule has 2 aromatic rings. The van der Waals surface area contributed by atoms with E-state index < -0.39 is 0 Å². The Morgan fingerprint density at radius 1 is 1.08 bits per heavy atom. The van der Waals surface area contributed by atoms with Crippen molar-refractivity contribution in [1.29, 1.82) is 0 Å². The summed E-state index contributed by atoms with van der Waals surface area (Å²) in [6.07, 6.45) is 1.76. The molecule has 0 aliphatic carbocycles. The molecule has 0 amide bonds. The summed E-state index contributed by atoms with van der Waals surface area (Å²) in [6.45, 7) is 0. The highest BCUT2D eigenvalue weighted by Gasteiger charge is 2.16. The Morgan fingerprint density at radius 2 is 1.75 bits per heavy atom. The van der Waals surface area contributed by atoms with Crippen molar-refractivity contribution in [3.63, 3.8) is 0 Å². The van der Waals surface area contributed by atoms with Gasteiger partial charge in [-0.25, -0.2) is 0 Å². The van der Waals surface area contributed by atoms with Crippen molar-refractivity contribution < 1.29 is 9.53 Å². The maximum atomic E-state index is 11.3. The van der Waals surface area contributed by atoms with Crippen LogP contribution in [0.4, 0.5) is 5.69 Å². The number of carbonyl (C=O) groups excluding carboxylic acids is 1. The highest BCUT2D eigenvalue weighted by molar-refractivity contribution is 6.35. The molecule has 0 aliphatic rings. The van der Waals surface area contributed by atoms with Gasteiger partial charge >= 0.3 is 5.97 Å². The van der Waals surface area contributed by atoms with Gasteiger partial charge in [0.15, 0.2) is 0 Å². The molecule has 0 aliphatic heterocycles. The molecule has 0 fully saturated rings. The first-order valence-corrected chi connectivity index (χ1v) is 8.67. The standard InChI is InChI=1S/C18H18Cl3NO2/c1-24-18(23)4-2-3-17(15-10-7-13(20)11-16(15)21)22-14-8-5-12(19)6-9-14/h5-11,17,22H,2-4H2,1H3. The van der Waals surface area contributed by atoms with Crippen LogP contribution in [0.5, 0.6) is 0 Å². The summed E-state index contributed by atoms with van der Waals surface area (Å²) in [5, 5.41) is 5.29. The first-order chi connectivity index (χ1) is 11.5. The maximum absolute atomic E-state index is 11.3. The van der Waals surface area contributed by atoms with Gasteiger partial charge in [0.2, 0.25) is 0 Å². The van der Waals surface area contributed by atoms with Gasteiger partial charge in [-0.2, -0.15) is 0 Å². The Labute approximate surface area is 156 Å². The molecule has 0 aromatic heterocycles. The number of carbonyl (C=O) groups is 1. The first kappa shape index (κ1) is 18.9. The Kier molecular flexibility index (Phi) is 7.22. The Morgan fingerprint density at radius 3 is 2.38 bits per heavy atom. The Bertz CT molecular complexity index is 689. The molecule has 0 saturated heterocycles. The molecule has 24 heavy (non-hydrogen) atoms. The third-order valence-corrected chi connectivity index (χ3v) is 4.44. The molecule has 0 spiro atoms. The molecule has 128 valence electrons. The molecule has 1 atom stereocenters. The third-order valence-electron chi connectivity index (χ3n) is 3.62. The van der Waals surface area contributed by atoms with E-state index in [0.717, 1.165) is 17.7 Å². The van der Waals surface area contributed by atoms with Gasteiger partial charge in [0.25, 0.3) is 0 Å². The van der Waals surface area contributed by atoms with E-state index in [0.29, 0.717) is 27.9 Å². The maximum Gasteiger partial charge on any atom is 0.305 e. The van der Waals surface area contributed by atoms with E-state index in [1.165, 1.54) is 7.11 Å². The molecular weight excluding hydrogens is 369 g/mol. The van der Waals surface area contributed by atoms with Crippen LogP contribution in [0.15, 0.2) is 42.5 Å². The van der Waals surface area contributed by atoms with Crippen LogP contribution in [-0.4, -0.2) is 13.1 Å². The number of ether oxygens (including phenoxy) is 1. The summed E-state index contributed by atoms with van der Waals surface area (Å²) in [6, 6.07) is 12.8. The molecule has 2 aromatic carbocycles. The van der Waals surface area contributed by atoms with Gasteiger partial charge in [-0.15, -0.1) is 0 Å². The van der Waals surface area contributed by atoms with Gasteiger partial charge in [-0.1, -0.05) is 40.9 Å². The average Bonchev–Trinajstić information content (AvgIpc) is 2.56. The number of hydrogen-bond acceptors (Lipinski definition) is 3. The zero-order valence-electron chi connectivity index (χ0n) is 13.2. The van der Waals surface area contributed by atoms with Gasteiger partial charge in [-0.3, -0.25) is 4.79 Å². The summed E-state index contributed by atoms with van der Waals surface area (Å²) in [7, 11) is 1.39. The lowest BCUT2D eigenvalue weighted by molar-refractivity contribution is -0.140. The summed E-state index contributed by atoms with van der Waals surface area (Å²) in [5.74, 6) is -0.220. The van der Waals surface area contributed by atoms with Crippen molar-refractivity contribution in [2.45, 2.75) is 25.3 Å². The molecule has 2 rings (SSSR count). The second-order valence-corrected chi connectivity index (χ2v) is 6.62. The second-order valence-electron chi connectivity index (χ2n) is 5.34. The quantitative estimate of drug-likeness (QED) is 0.580. The third kappa shape index (κ3) is 5.59. The van der Waals surface area contributed by atoms with Crippen molar-refractivity contribution in [2.75, 3.05) is 12.4 Å². The molecule has 0 heterocycles. The molecule has 1 N–H and O–H groups in total. The Balaban J connectivity index is 2.16. The molecule has 6 heteroatoms. The van der Waals surface area contributed by atoms with Crippen LogP contribution in [0.2, 0.25) is 15.1 Å². The average molecular weight is 387 g/mol. The zero-order valence-corrected chi connectivity index (χ0v) is 15.5. The summed E-state index contributed by atoms with van der Waals surface area (Å²) >= 11 is 18.3. The van der Waals surface area contributed by atoms with Gasteiger partial charge in [0.05, 0.1) is 13.2 Å². The fourth-order valence-corrected chi connectivity index (χ4v) is 3.06. The fourth-order valence-electron chi connectivity index (χ4n) is 2.39. The lowest BCUT2D eigenvalue weighted by atomic mass is 10.0. The summed E-state index contributed by atoms with van der Waals surface area (Å²) in [5.41, 5.74) is 1.86. The van der Waals surface area contributed by atoms with Crippen molar-refractivity contribution in [3.05, 3.63) is 63.1 Å². The van der Waals surface area contributed by atoms with Crippen LogP contribution in [0.3, 0.4) is 0 Å². The first-order valence-electron chi connectivity index (χ1n) is 7.53. The topological polar surface area (TPSA) is 38.3 Å². The van der Waals surface area contributed by atoms with E-state index in [1.807, 2.05) is 30.3 Å². The lowest BCUT2D eigenvalue weighted by Gasteiger charge is -2.22. The monoisotopic (exact) mass is 385 g/mol. The highest BCUT2D eigenvalue weighted by atomic mass is 35.5. The van der Waals surface area contributed by atoms with Crippen LogP contribution in [0.1, 0.15) is 30.9 Å². The predicted octanol–water partition coefficient (Wildman–Crippen LogP) is 6.14.